The first-order valence-corrected chi connectivity index (χ1v) is 6.38. The van der Waals surface area contributed by atoms with Gasteiger partial charge in [0.2, 0.25) is 5.91 Å². The largest absolute Gasteiger partial charge is 0.374 e. The van der Waals surface area contributed by atoms with Crippen LogP contribution in [0, 0.1) is 0 Å². The van der Waals surface area contributed by atoms with Crippen LogP contribution in [0.1, 0.15) is 24.9 Å². The maximum atomic E-state index is 12.1. The molecule has 0 saturated carbocycles. The Hall–Kier alpha value is -1.39. The number of nitrogens with two attached hydrogens (primary N) is 1. The molecule has 0 aromatic heterocycles. The Morgan fingerprint density at radius 3 is 2.83 bits per heavy atom. The van der Waals surface area contributed by atoms with Gasteiger partial charge in [-0.05, 0) is 12.5 Å². The third kappa shape index (κ3) is 2.89. The Balaban J connectivity index is 2.18. The number of carbonyl (C=O) groups is 1. The molecule has 1 aromatic rings. The van der Waals surface area contributed by atoms with Gasteiger partial charge in [-0.1, -0.05) is 30.3 Å². The average Bonchev–Trinajstić information content (AvgIpc) is 2.40. The number of morpholine rings is 1. The second-order valence-corrected chi connectivity index (χ2v) is 4.66. The minimum atomic E-state index is 0.0152. The highest BCUT2D eigenvalue weighted by atomic mass is 16.5. The molecule has 0 spiro atoms. The van der Waals surface area contributed by atoms with Crippen molar-refractivity contribution in [1.82, 2.24) is 4.90 Å². The number of ether oxygens (including phenoxy) is 1. The number of rotatable bonds is 3. The highest BCUT2D eigenvalue weighted by Gasteiger charge is 2.30. The van der Waals surface area contributed by atoms with Gasteiger partial charge in [0.15, 0.2) is 0 Å². The van der Waals surface area contributed by atoms with Gasteiger partial charge in [0.1, 0.15) is 0 Å². The van der Waals surface area contributed by atoms with Crippen molar-refractivity contribution in [3.8, 4) is 0 Å². The topological polar surface area (TPSA) is 55.6 Å². The van der Waals surface area contributed by atoms with Crippen LogP contribution in [-0.2, 0) is 9.53 Å². The summed E-state index contributed by atoms with van der Waals surface area (Å²) < 4.78 is 5.68. The smallest absolute Gasteiger partial charge is 0.224 e. The Bertz CT molecular complexity index is 394. The summed E-state index contributed by atoms with van der Waals surface area (Å²) in [5.74, 6) is 0.113. The lowest BCUT2D eigenvalue weighted by Gasteiger charge is -2.39. The van der Waals surface area contributed by atoms with Crippen LogP contribution in [0.4, 0.5) is 0 Å². The molecular formula is C14H20N2O2. The maximum Gasteiger partial charge on any atom is 0.224 e. The van der Waals surface area contributed by atoms with E-state index in [-0.39, 0.29) is 18.1 Å². The van der Waals surface area contributed by atoms with Crippen molar-refractivity contribution in [3.63, 3.8) is 0 Å². The molecule has 0 radical (unpaired) electrons. The summed E-state index contributed by atoms with van der Waals surface area (Å²) in [6, 6.07) is 10.0. The van der Waals surface area contributed by atoms with Gasteiger partial charge in [-0.25, -0.2) is 0 Å². The molecule has 1 fully saturated rings. The Kier molecular flexibility index (Phi) is 4.33. The van der Waals surface area contributed by atoms with Gasteiger partial charge < -0.3 is 15.4 Å². The molecule has 0 bridgehead atoms. The highest BCUT2D eigenvalue weighted by molar-refractivity contribution is 5.77. The first kappa shape index (κ1) is 13.1. The normalized spacial score (nSPS) is 24.0. The van der Waals surface area contributed by atoms with E-state index in [9.17, 15) is 4.79 Å². The molecule has 1 aliphatic rings. The predicted octanol–water partition coefficient (Wildman–Crippen LogP) is 1.32. The van der Waals surface area contributed by atoms with Gasteiger partial charge in [-0.2, -0.15) is 0 Å². The van der Waals surface area contributed by atoms with Crippen LogP contribution in [0.2, 0.25) is 0 Å². The van der Waals surface area contributed by atoms with Crippen LogP contribution >= 0.6 is 0 Å². The number of hydrogen-bond acceptors (Lipinski definition) is 3. The molecule has 1 amide bonds. The molecular weight excluding hydrogens is 228 g/mol. The minimum Gasteiger partial charge on any atom is -0.374 e. The highest BCUT2D eigenvalue weighted by Crippen LogP contribution is 2.26. The lowest BCUT2D eigenvalue weighted by Crippen LogP contribution is -2.47. The van der Waals surface area contributed by atoms with Crippen molar-refractivity contribution in [2.24, 2.45) is 5.73 Å². The van der Waals surface area contributed by atoms with Crippen molar-refractivity contribution in [1.29, 1.82) is 0 Å². The Morgan fingerprint density at radius 2 is 2.17 bits per heavy atom. The van der Waals surface area contributed by atoms with E-state index >= 15 is 0 Å². The van der Waals surface area contributed by atoms with E-state index in [0.29, 0.717) is 26.1 Å². The summed E-state index contributed by atoms with van der Waals surface area (Å²) in [7, 11) is 0. The summed E-state index contributed by atoms with van der Waals surface area (Å²) >= 11 is 0. The van der Waals surface area contributed by atoms with Crippen molar-refractivity contribution in [2.75, 3.05) is 19.7 Å². The zero-order chi connectivity index (χ0) is 13.0. The van der Waals surface area contributed by atoms with E-state index in [4.69, 9.17) is 10.5 Å². The second kappa shape index (κ2) is 5.98. The number of carbonyl (C=O) groups excluding carboxylic acids is 1. The summed E-state index contributed by atoms with van der Waals surface area (Å²) in [6.45, 7) is 3.58. The number of amides is 1. The fourth-order valence-electron chi connectivity index (χ4n) is 2.30. The van der Waals surface area contributed by atoms with Crippen LogP contribution < -0.4 is 5.73 Å². The Labute approximate surface area is 108 Å². The number of benzene rings is 1. The summed E-state index contributed by atoms with van der Waals surface area (Å²) in [6.07, 6.45) is 0.488. The van der Waals surface area contributed by atoms with Crippen LogP contribution in [0.5, 0.6) is 0 Å². The molecule has 1 aromatic carbocycles. The van der Waals surface area contributed by atoms with E-state index in [1.54, 1.807) is 0 Å². The Morgan fingerprint density at radius 1 is 1.44 bits per heavy atom. The summed E-state index contributed by atoms with van der Waals surface area (Å²) in [4.78, 5) is 14.0. The zero-order valence-electron chi connectivity index (χ0n) is 10.7. The minimum absolute atomic E-state index is 0.0152. The lowest BCUT2D eigenvalue weighted by molar-refractivity contribution is -0.144. The second-order valence-electron chi connectivity index (χ2n) is 4.66. The monoisotopic (exact) mass is 248 g/mol. The molecule has 1 heterocycles. The van der Waals surface area contributed by atoms with E-state index in [1.807, 2.05) is 42.2 Å². The van der Waals surface area contributed by atoms with Crippen LogP contribution in [0.25, 0.3) is 0 Å². The van der Waals surface area contributed by atoms with E-state index in [2.05, 4.69) is 0 Å². The number of nitrogens with zero attached hydrogens (tertiary/aromatic N) is 1. The molecule has 4 nitrogen and oxygen atoms in total. The molecule has 18 heavy (non-hydrogen) atoms. The fourth-order valence-corrected chi connectivity index (χ4v) is 2.30. The SMILES string of the molecule is C[C@@H]1CN(C(=O)CCN)[C@@H](c2ccccc2)CO1. The molecule has 2 rings (SSSR count). The average molecular weight is 248 g/mol. The van der Waals surface area contributed by atoms with Crippen molar-refractivity contribution >= 4 is 5.91 Å². The van der Waals surface area contributed by atoms with E-state index in [1.165, 1.54) is 0 Å². The predicted molar refractivity (Wildman–Crippen MR) is 70.0 cm³/mol. The van der Waals surface area contributed by atoms with Gasteiger partial charge in [0.05, 0.1) is 18.8 Å². The first-order chi connectivity index (χ1) is 8.72. The molecule has 4 heteroatoms. The van der Waals surface area contributed by atoms with Gasteiger partial charge >= 0.3 is 0 Å². The van der Waals surface area contributed by atoms with Crippen LogP contribution in [0.15, 0.2) is 30.3 Å². The van der Waals surface area contributed by atoms with Gasteiger partial charge in [0, 0.05) is 19.5 Å². The standard InChI is InChI=1S/C14H20N2O2/c1-11-9-16(14(17)7-8-15)13(10-18-11)12-5-3-2-4-6-12/h2-6,11,13H,7-10,15H2,1H3/t11-,13-/m1/s1. The van der Waals surface area contributed by atoms with Crippen molar-refractivity contribution in [2.45, 2.75) is 25.5 Å². The maximum absolute atomic E-state index is 12.1. The van der Waals surface area contributed by atoms with E-state index < -0.39 is 0 Å². The van der Waals surface area contributed by atoms with Gasteiger partial charge in [-0.15, -0.1) is 0 Å². The third-order valence-electron chi connectivity index (χ3n) is 3.23. The third-order valence-corrected chi connectivity index (χ3v) is 3.23. The van der Waals surface area contributed by atoms with E-state index in [0.717, 1.165) is 5.56 Å². The molecule has 1 aliphatic heterocycles. The van der Waals surface area contributed by atoms with Gasteiger partial charge in [-0.3, -0.25) is 4.79 Å². The van der Waals surface area contributed by atoms with Gasteiger partial charge in [0.25, 0.3) is 0 Å². The molecule has 0 aliphatic carbocycles. The van der Waals surface area contributed by atoms with Crippen molar-refractivity contribution < 1.29 is 9.53 Å². The first-order valence-electron chi connectivity index (χ1n) is 6.38. The molecule has 1 saturated heterocycles. The van der Waals surface area contributed by atoms with Crippen molar-refractivity contribution in [3.05, 3.63) is 35.9 Å². The molecule has 2 atom stereocenters. The van der Waals surface area contributed by atoms with Crippen LogP contribution in [-0.4, -0.2) is 36.6 Å². The number of hydrogen-bond donors (Lipinski definition) is 1. The fraction of sp³-hybridized carbons (Fsp3) is 0.500. The summed E-state index contributed by atoms with van der Waals surface area (Å²) in [5.41, 5.74) is 6.60. The zero-order valence-corrected chi connectivity index (χ0v) is 10.7. The molecule has 98 valence electrons. The summed E-state index contributed by atoms with van der Waals surface area (Å²) in [5, 5.41) is 0. The molecule has 0 unspecified atom stereocenters. The lowest BCUT2D eigenvalue weighted by atomic mass is 10.0. The van der Waals surface area contributed by atoms with Crippen LogP contribution in [0.3, 0.4) is 0 Å². The quantitative estimate of drug-likeness (QED) is 0.878. The molecule has 2 N–H and O–H groups in total.